The topological polar surface area (TPSA) is 22.1 Å². The van der Waals surface area contributed by atoms with Gasteiger partial charge in [-0.15, -0.1) is 0 Å². The Hall–Kier alpha value is -1.02. The lowest BCUT2D eigenvalue weighted by atomic mass is 10.3. The van der Waals surface area contributed by atoms with Gasteiger partial charge in [-0.3, -0.25) is 0 Å². The SMILES string of the molecule is FC(F)(F)C(OCc1ccnc(Cl)c1)C(F)(F)F. The largest absolute Gasteiger partial charge is 0.423 e. The monoisotopic (exact) mass is 293 g/mol. The van der Waals surface area contributed by atoms with Crippen molar-refractivity contribution in [1.29, 1.82) is 0 Å². The molecule has 2 nitrogen and oxygen atoms in total. The van der Waals surface area contributed by atoms with E-state index in [1.807, 2.05) is 0 Å². The summed E-state index contributed by atoms with van der Waals surface area (Å²) in [6, 6.07) is 2.32. The molecule has 0 fully saturated rings. The van der Waals surface area contributed by atoms with Crippen LogP contribution in [0.5, 0.6) is 0 Å². The third kappa shape index (κ3) is 4.34. The Bertz CT molecular complexity index is 391. The molecule has 0 atom stereocenters. The van der Waals surface area contributed by atoms with E-state index >= 15 is 0 Å². The molecular weight excluding hydrogens is 288 g/mol. The zero-order valence-electron chi connectivity index (χ0n) is 8.52. The first kappa shape index (κ1) is 15.0. The van der Waals surface area contributed by atoms with Gasteiger partial charge in [0.25, 0.3) is 0 Å². The zero-order valence-corrected chi connectivity index (χ0v) is 9.27. The normalized spacial score (nSPS) is 13.1. The second kappa shape index (κ2) is 5.31. The maximum Gasteiger partial charge on any atom is 0.423 e. The molecule has 1 aromatic heterocycles. The van der Waals surface area contributed by atoms with E-state index in [4.69, 9.17) is 11.6 Å². The Morgan fingerprint density at radius 2 is 1.72 bits per heavy atom. The van der Waals surface area contributed by atoms with Crippen molar-refractivity contribution in [2.24, 2.45) is 0 Å². The second-order valence-corrected chi connectivity index (χ2v) is 3.65. The standard InChI is InChI=1S/C9H6ClF6NO/c10-6-3-5(1-2-17-6)4-18-7(8(11,12)13)9(14,15)16/h1-3,7H,4H2. The number of alkyl halides is 6. The Kier molecular flexibility index (Phi) is 4.44. The average molecular weight is 294 g/mol. The molecule has 0 saturated heterocycles. The number of aromatic nitrogens is 1. The molecule has 0 N–H and O–H groups in total. The van der Waals surface area contributed by atoms with Crippen LogP contribution in [0, 0.1) is 0 Å². The Labute approximate surface area is 103 Å². The summed E-state index contributed by atoms with van der Waals surface area (Å²) in [6.45, 7) is -0.869. The average Bonchev–Trinajstić information content (AvgIpc) is 2.13. The zero-order chi connectivity index (χ0) is 14.0. The third-order valence-corrected chi connectivity index (χ3v) is 2.01. The number of pyridine rings is 1. The molecule has 0 aromatic carbocycles. The number of hydrogen-bond donors (Lipinski definition) is 0. The van der Waals surface area contributed by atoms with Crippen molar-refractivity contribution in [3.05, 3.63) is 29.0 Å². The summed E-state index contributed by atoms with van der Waals surface area (Å²) >= 11 is 5.43. The van der Waals surface area contributed by atoms with Crippen molar-refractivity contribution in [3.63, 3.8) is 0 Å². The predicted molar refractivity (Wildman–Crippen MR) is 49.9 cm³/mol. The molecule has 102 valence electrons. The fourth-order valence-corrected chi connectivity index (χ4v) is 1.28. The number of hydrogen-bond acceptors (Lipinski definition) is 2. The van der Waals surface area contributed by atoms with Crippen LogP contribution in [0.15, 0.2) is 18.3 Å². The molecule has 0 spiro atoms. The van der Waals surface area contributed by atoms with Gasteiger partial charge in [0.2, 0.25) is 6.10 Å². The maximum absolute atomic E-state index is 12.1. The van der Waals surface area contributed by atoms with Crippen molar-refractivity contribution < 1.29 is 31.1 Å². The molecule has 1 rings (SSSR count). The lowest BCUT2D eigenvalue weighted by molar-refractivity contribution is -0.324. The number of nitrogens with zero attached hydrogens (tertiary/aromatic N) is 1. The first-order valence-corrected chi connectivity index (χ1v) is 4.84. The smallest absolute Gasteiger partial charge is 0.356 e. The minimum atomic E-state index is -5.52. The third-order valence-electron chi connectivity index (χ3n) is 1.80. The summed E-state index contributed by atoms with van der Waals surface area (Å²) in [5.74, 6) is 0. The van der Waals surface area contributed by atoms with Crippen molar-refractivity contribution >= 4 is 11.6 Å². The summed E-state index contributed by atoms with van der Waals surface area (Å²) in [7, 11) is 0. The van der Waals surface area contributed by atoms with E-state index in [2.05, 4.69) is 9.72 Å². The van der Waals surface area contributed by atoms with E-state index in [9.17, 15) is 26.3 Å². The van der Waals surface area contributed by atoms with Gasteiger partial charge >= 0.3 is 12.4 Å². The van der Waals surface area contributed by atoms with E-state index < -0.39 is 25.1 Å². The predicted octanol–water partition coefficient (Wildman–Crippen LogP) is 3.74. The molecule has 0 amide bonds. The molecule has 1 heterocycles. The molecule has 0 aliphatic rings. The highest BCUT2D eigenvalue weighted by atomic mass is 35.5. The first-order valence-electron chi connectivity index (χ1n) is 4.46. The highest BCUT2D eigenvalue weighted by molar-refractivity contribution is 6.29. The van der Waals surface area contributed by atoms with Gasteiger partial charge in [-0.2, -0.15) is 26.3 Å². The lowest BCUT2D eigenvalue weighted by Gasteiger charge is -2.23. The number of rotatable bonds is 3. The van der Waals surface area contributed by atoms with Crippen LogP contribution < -0.4 is 0 Å². The van der Waals surface area contributed by atoms with Crippen LogP contribution in [-0.4, -0.2) is 23.4 Å². The van der Waals surface area contributed by atoms with Crippen LogP contribution in [-0.2, 0) is 11.3 Å². The van der Waals surface area contributed by atoms with Gasteiger partial charge in [0.1, 0.15) is 5.15 Å². The maximum atomic E-state index is 12.1. The summed E-state index contributed by atoms with van der Waals surface area (Å²) in [5.41, 5.74) is 0.0634. The number of halogens is 7. The molecule has 0 aliphatic heterocycles. The Balaban J connectivity index is 2.75. The first-order chi connectivity index (χ1) is 8.10. The van der Waals surface area contributed by atoms with Crippen LogP contribution in [0.1, 0.15) is 5.56 Å². The minimum Gasteiger partial charge on any atom is -0.356 e. The molecular formula is C9H6ClF6NO. The van der Waals surface area contributed by atoms with Gasteiger partial charge in [-0.1, -0.05) is 11.6 Å². The molecule has 9 heteroatoms. The molecule has 0 bridgehead atoms. The van der Waals surface area contributed by atoms with Crippen LogP contribution in [0.25, 0.3) is 0 Å². The fourth-order valence-electron chi connectivity index (χ4n) is 1.09. The highest BCUT2D eigenvalue weighted by Crippen LogP contribution is 2.36. The van der Waals surface area contributed by atoms with Gasteiger partial charge < -0.3 is 4.74 Å². The lowest BCUT2D eigenvalue weighted by Crippen LogP contribution is -2.44. The second-order valence-electron chi connectivity index (χ2n) is 3.26. The summed E-state index contributed by atoms with van der Waals surface area (Å²) in [4.78, 5) is 3.53. The van der Waals surface area contributed by atoms with Crippen LogP contribution in [0.3, 0.4) is 0 Å². The quantitative estimate of drug-likeness (QED) is 0.625. The van der Waals surface area contributed by atoms with Gasteiger partial charge in [0.05, 0.1) is 6.61 Å². The Morgan fingerprint density at radius 3 is 2.17 bits per heavy atom. The molecule has 18 heavy (non-hydrogen) atoms. The molecule has 0 saturated carbocycles. The molecule has 1 aromatic rings. The van der Waals surface area contributed by atoms with Crippen molar-refractivity contribution in [3.8, 4) is 0 Å². The van der Waals surface area contributed by atoms with Crippen LogP contribution in [0.4, 0.5) is 26.3 Å². The minimum absolute atomic E-state index is 0.0494. The van der Waals surface area contributed by atoms with E-state index in [1.165, 1.54) is 6.07 Å². The van der Waals surface area contributed by atoms with Gasteiger partial charge in [0, 0.05) is 6.20 Å². The summed E-state index contributed by atoms with van der Waals surface area (Å²) in [5, 5.41) is -0.0494. The van der Waals surface area contributed by atoms with Gasteiger partial charge in [-0.05, 0) is 17.7 Å². The van der Waals surface area contributed by atoms with Gasteiger partial charge in [0.15, 0.2) is 0 Å². The van der Waals surface area contributed by atoms with Crippen LogP contribution >= 0.6 is 11.6 Å². The molecule has 0 radical (unpaired) electrons. The van der Waals surface area contributed by atoms with Crippen molar-refractivity contribution in [2.45, 2.75) is 25.1 Å². The summed E-state index contributed by atoms with van der Waals surface area (Å²) < 4.78 is 76.6. The molecule has 0 unspecified atom stereocenters. The molecule has 0 aliphatic carbocycles. The van der Waals surface area contributed by atoms with E-state index in [0.29, 0.717) is 0 Å². The fraction of sp³-hybridized carbons (Fsp3) is 0.444. The van der Waals surface area contributed by atoms with E-state index in [1.54, 1.807) is 0 Å². The van der Waals surface area contributed by atoms with E-state index in [-0.39, 0.29) is 10.7 Å². The highest BCUT2D eigenvalue weighted by Gasteiger charge is 2.57. The Morgan fingerprint density at radius 1 is 1.17 bits per heavy atom. The summed E-state index contributed by atoms with van der Waals surface area (Å²) in [6.07, 6.45) is -13.7. The van der Waals surface area contributed by atoms with E-state index in [0.717, 1.165) is 12.3 Å². The van der Waals surface area contributed by atoms with Crippen molar-refractivity contribution in [1.82, 2.24) is 4.98 Å². The number of ether oxygens (including phenoxy) is 1. The van der Waals surface area contributed by atoms with Gasteiger partial charge in [-0.25, -0.2) is 4.98 Å². The van der Waals surface area contributed by atoms with Crippen molar-refractivity contribution in [2.75, 3.05) is 0 Å². The van der Waals surface area contributed by atoms with Crippen LogP contribution in [0.2, 0.25) is 5.15 Å².